The molecule has 1 aliphatic rings. The maximum absolute atomic E-state index is 11.9. The molecular formula is C14H12N2O4. The fourth-order valence-corrected chi connectivity index (χ4v) is 2.25. The van der Waals surface area contributed by atoms with Gasteiger partial charge in [0.2, 0.25) is 11.8 Å². The minimum Gasteiger partial charge on any atom is -0.408 e. The van der Waals surface area contributed by atoms with Crippen molar-refractivity contribution in [2.24, 2.45) is 0 Å². The molecule has 20 heavy (non-hydrogen) atoms. The third kappa shape index (κ3) is 2.16. The summed E-state index contributed by atoms with van der Waals surface area (Å²) in [7, 11) is 0. The first-order valence-electron chi connectivity index (χ1n) is 6.26. The first kappa shape index (κ1) is 12.4. The van der Waals surface area contributed by atoms with Crippen molar-refractivity contribution >= 4 is 11.8 Å². The molecule has 2 heterocycles. The number of oxazole rings is 1. The number of piperidine rings is 1. The number of nitrogens with one attached hydrogen (secondary N) is 1. The Balaban J connectivity index is 1.96. The number of imide groups is 1. The van der Waals surface area contributed by atoms with E-state index < -0.39 is 17.7 Å². The Kier molecular flexibility index (Phi) is 2.98. The number of nitrogens with zero attached hydrogens (tertiary/aromatic N) is 1. The van der Waals surface area contributed by atoms with Gasteiger partial charge in [0.05, 0.1) is 6.20 Å². The quantitative estimate of drug-likeness (QED) is 0.830. The van der Waals surface area contributed by atoms with Gasteiger partial charge in [0.25, 0.3) is 0 Å². The molecule has 6 heteroatoms. The minimum atomic E-state index is -0.693. The molecule has 0 bridgehead atoms. The van der Waals surface area contributed by atoms with Gasteiger partial charge in [-0.2, -0.15) is 0 Å². The van der Waals surface area contributed by atoms with Gasteiger partial charge in [-0.25, -0.2) is 4.79 Å². The second-order valence-electron chi connectivity index (χ2n) is 4.60. The van der Waals surface area contributed by atoms with E-state index in [-0.39, 0.29) is 12.3 Å². The van der Waals surface area contributed by atoms with Gasteiger partial charge in [-0.05, 0) is 6.42 Å². The van der Waals surface area contributed by atoms with Gasteiger partial charge in [-0.15, -0.1) is 0 Å². The molecule has 0 saturated carbocycles. The lowest BCUT2D eigenvalue weighted by Crippen LogP contribution is -2.43. The van der Waals surface area contributed by atoms with Crippen LogP contribution < -0.4 is 11.1 Å². The van der Waals surface area contributed by atoms with Crippen LogP contribution in [0.2, 0.25) is 0 Å². The molecule has 102 valence electrons. The fraction of sp³-hybridized carbons (Fsp3) is 0.214. The number of carbonyl (C=O) groups excluding carboxylic acids is 2. The third-order valence-electron chi connectivity index (χ3n) is 3.27. The van der Waals surface area contributed by atoms with Gasteiger partial charge < -0.3 is 4.42 Å². The molecule has 0 radical (unpaired) electrons. The second-order valence-corrected chi connectivity index (χ2v) is 4.60. The first-order chi connectivity index (χ1) is 9.65. The van der Waals surface area contributed by atoms with E-state index in [9.17, 15) is 14.4 Å². The predicted octanol–water partition coefficient (Wildman–Crippen LogP) is 1.09. The maximum atomic E-state index is 11.9. The van der Waals surface area contributed by atoms with Crippen LogP contribution >= 0.6 is 0 Å². The summed E-state index contributed by atoms with van der Waals surface area (Å²) >= 11 is 0. The SMILES string of the molecule is O=C1CCC(n2cc(-c3ccccc3)oc2=O)C(=O)N1. The van der Waals surface area contributed by atoms with Crippen molar-refractivity contribution in [2.75, 3.05) is 0 Å². The number of benzene rings is 1. The standard InChI is InChI=1S/C14H12N2O4/c17-12-7-6-10(13(18)15-12)16-8-11(20-14(16)19)9-4-2-1-3-5-9/h1-5,8,10H,6-7H2,(H,15,17,18). The Morgan fingerprint density at radius 3 is 2.60 bits per heavy atom. The van der Waals surface area contributed by atoms with Crippen molar-refractivity contribution in [3.05, 3.63) is 47.1 Å². The van der Waals surface area contributed by atoms with Crippen molar-refractivity contribution in [1.82, 2.24) is 9.88 Å². The minimum absolute atomic E-state index is 0.217. The molecule has 1 aromatic carbocycles. The fourth-order valence-electron chi connectivity index (χ4n) is 2.25. The summed E-state index contributed by atoms with van der Waals surface area (Å²) in [5.74, 6) is -0.978. The Hall–Kier alpha value is -2.63. The van der Waals surface area contributed by atoms with Crippen molar-refractivity contribution in [2.45, 2.75) is 18.9 Å². The van der Waals surface area contributed by atoms with Crippen LogP contribution in [0.1, 0.15) is 18.9 Å². The Labute approximate surface area is 114 Å². The summed E-state index contributed by atoms with van der Waals surface area (Å²) in [6.07, 6.45) is 2.03. The number of rotatable bonds is 2. The zero-order chi connectivity index (χ0) is 14.1. The molecule has 0 spiro atoms. The lowest BCUT2D eigenvalue weighted by atomic mass is 10.1. The zero-order valence-electron chi connectivity index (χ0n) is 10.5. The molecule has 1 fully saturated rings. The van der Waals surface area contributed by atoms with E-state index in [2.05, 4.69) is 5.32 Å². The van der Waals surface area contributed by atoms with Crippen molar-refractivity contribution < 1.29 is 14.0 Å². The number of hydrogen-bond acceptors (Lipinski definition) is 4. The van der Waals surface area contributed by atoms with Gasteiger partial charge in [0, 0.05) is 12.0 Å². The van der Waals surface area contributed by atoms with Crippen LogP contribution in [-0.4, -0.2) is 16.4 Å². The third-order valence-corrected chi connectivity index (χ3v) is 3.27. The topological polar surface area (TPSA) is 81.3 Å². The monoisotopic (exact) mass is 272 g/mol. The van der Waals surface area contributed by atoms with Crippen LogP contribution in [0.4, 0.5) is 0 Å². The summed E-state index contributed by atoms with van der Waals surface area (Å²) in [6.45, 7) is 0. The van der Waals surface area contributed by atoms with E-state index in [1.54, 1.807) is 0 Å². The second kappa shape index (κ2) is 4.80. The Morgan fingerprint density at radius 2 is 1.90 bits per heavy atom. The van der Waals surface area contributed by atoms with Crippen molar-refractivity contribution in [3.63, 3.8) is 0 Å². The van der Waals surface area contributed by atoms with Gasteiger partial charge in [-0.3, -0.25) is 19.5 Å². The molecule has 1 aliphatic heterocycles. The van der Waals surface area contributed by atoms with Gasteiger partial charge in [0.1, 0.15) is 6.04 Å². The largest absolute Gasteiger partial charge is 0.420 e. The molecule has 0 aliphatic carbocycles. The Bertz CT molecular complexity index is 714. The highest BCUT2D eigenvalue weighted by molar-refractivity contribution is 5.99. The van der Waals surface area contributed by atoms with E-state index >= 15 is 0 Å². The summed E-state index contributed by atoms with van der Waals surface area (Å²) in [6, 6.07) is 8.46. The summed E-state index contributed by atoms with van der Waals surface area (Å²) < 4.78 is 6.41. The van der Waals surface area contributed by atoms with Crippen LogP contribution in [0.5, 0.6) is 0 Å². The van der Waals surface area contributed by atoms with Gasteiger partial charge in [-0.1, -0.05) is 30.3 Å². The smallest absolute Gasteiger partial charge is 0.408 e. The number of carbonyl (C=O) groups is 2. The normalized spacial score (nSPS) is 18.9. The Morgan fingerprint density at radius 1 is 1.15 bits per heavy atom. The average molecular weight is 272 g/mol. The van der Waals surface area contributed by atoms with Crippen LogP contribution in [0.3, 0.4) is 0 Å². The lowest BCUT2D eigenvalue weighted by Gasteiger charge is -2.20. The molecule has 1 aromatic heterocycles. The molecule has 1 atom stereocenters. The molecule has 2 amide bonds. The van der Waals surface area contributed by atoms with Crippen LogP contribution in [0.25, 0.3) is 11.3 Å². The average Bonchev–Trinajstić information content (AvgIpc) is 2.82. The summed E-state index contributed by atoms with van der Waals surface area (Å²) in [5.41, 5.74) is 0.760. The maximum Gasteiger partial charge on any atom is 0.420 e. The van der Waals surface area contributed by atoms with Crippen LogP contribution in [0.15, 0.2) is 45.7 Å². The highest BCUT2D eigenvalue weighted by Gasteiger charge is 2.30. The van der Waals surface area contributed by atoms with Crippen LogP contribution in [0, 0.1) is 0 Å². The van der Waals surface area contributed by atoms with Gasteiger partial charge >= 0.3 is 5.76 Å². The van der Waals surface area contributed by atoms with E-state index in [1.165, 1.54) is 10.8 Å². The summed E-state index contributed by atoms with van der Waals surface area (Å²) in [4.78, 5) is 34.8. The number of hydrogen-bond donors (Lipinski definition) is 1. The lowest BCUT2D eigenvalue weighted by molar-refractivity contribution is -0.135. The van der Waals surface area contributed by atoms with E-state index in [0.29, 0.717) is 12.2 Å². The molecule has 3 rings (SSSR count). The summed E-state index contributed by atoms with van der Waals surface area (Å²) in [5, 5.41) is 2.22. The van der Waals surface area contributed by atoms with Gasteiger partial charge in [0.15, 0.2) is 5.76 Å². The highest BCUT2D eigenvalue weighted by atomic mass is 16.4. The first-order valence-corrected chi connectivity index (χ1v) is 6.26. The molecule has 2 aromatic rings. The zero-order valence-corrected chi connectivity index (χ0v) is 10.5. The number of aromatic nitrogens is 1. The van der Waals surface area contributed by atoms with E-state index in [4.69, 9.17) is 4.42 Å². The molecule has 1 N–H and O–H groups in total. The number of amides is 2. The molecular weight excluding hydrogens is 260 g/mol. The molecule has 1 saturated heterocycles. The predicted molar refractivity (Wildman–Crippen MR) is 69.8 cm³/mol. The van der Waals surface area contributed by atoms with Crippen molar-refractivity contribution in [3.8, 4) is 11.3 Å². The van der Waals surface area contributed by atoms with E-state index in [0.717, 1.165) is 5.56 Å². The van der Waals surface area contributed by atoms with Crippen molar-refractivity contribution in [1.29, 1.82) is 0 Å². The highest BCUT2D eigenvalue weighted by Crippen LogP contribution is 2.22. The van der Waals surface area contributed by atoms with E-state index in [1.807, 2.05) is 30.3 Å². The van der Waals surface area contributed by atoms with Crippen LogP contribution in [-0.2, 0) is 9.59 Å². The molecule has 1 unspecified atom stereocenters. The molecule has 6 nitrogen and oxygen atoms in total.